The van der Waals surface area contributed by atoms with Crippen LogP contribution in [0.2, 0.25) is 5.02 Å². The molecule has 0 aliphatic carbocycles. The molecule has 1 aromatic carbocycles. The Morgan fingerprint density at radius 2 is 2.24 bits per heavy atom. The van der Waals surface area contributed by atoms with Gasteiger partial charge in [0, 0.05) is 18.6 Å². The van der Waals surface area contributed by atoms with Crippen molar-refractivity contribution in [1.29, 1.82) is 0 Å². The van der Waals surface area contributed by atoms with Crippen LogP contribution in [0.1, 0.15) is 25.8 Å². The lowest BCUT2D eigenvalue weighted by atomic mass is 9.95. The maximum atomic E-state index is 11.3. The molecule has 1 amide bonds. The Labute approximate surface area is 107 Å². The quantitative estimate of drug-likeness (QED) is 0.879. The molecule has 0 unspecified atom stereocenters. The van der Waals surface area contributed by atoms with E-state index < -0.39 is 5.60 Å². The first kappa shape index (κ1) is 14.0. The van der Waals surface area contributed by atoms with Crippen molar-refractivity contribution >= 4 is 17.5 Å². The van der Waals surface area contributed by atoms with Crippen LogP contribution >= 0.6 is 11.6 Å². The van der Waals surface area contributed by atoms with Crippen molar-refractivity contribution in [2.45, 2.75) is 25.9 Å². The number of ether oxygens (including phenoxy) is 1. The standard InChI is InChI=1S/C13H18ClNO2/c1-4-12(16)15-9-13(2,17-3)10-6-5-7-11(14)8-10/h5-8H,4,9H2,1-3H3,(H,15,16)/t13-/m1/s1. The van der Waals surface area contributed by atoms with Gasteiger partial charge >= 0.3 is 0 Å². The van der Waals surface area contributed by atoms with Crippen molar-refractivity contribution < 1.29 is 9.53 Å². The van der Waals surface area contributed by atoms with E-state index in [0.717, 1.165) is 5.56 Å². The van der Waals surface area contributed by atoms with E-state index in [1.165, 1.54) is 0 Å². The summed E-state index contributed by atoms with van der Waals surface area (Å²) >= 11 is 5.95. The summed E-state index contributed by atoms with van der Waals surface area (Å²) in [4.78, 5) is 11.3. The Bertz CT molecular complexity index is 395. The van der Waals surface area contributed by atoms with E-state index in [9.17, 15) is 4.79 Å². The number of hydrogen-bond donors (Lipinski definition) is 1. The SMILES string of the molecule is CCC(=O)NC[C@@](C)(OC)c1cccc(Cl)c1. The molecule has 0 spiro atoms. The van der Waals surface area contributed by atoms with Gasteiger partial charge in [0.15, 0.2) is 0 Å². The maximum Gasteiger partial charge on any atom is 0.219 e. The summed E-state index contributed by atoms with van der Waals surface area (Å²) < 4.78 is 5.50. The second-order valence-electron chi connectivity index (χ2n) is 4.08. The minimum atomic E-state index is -0.560. The molecule has 94 valence electrons. The van der Waals surface area contributed by atoms with Crippen molar-refractivity contribution in [1.82, 2.24) is 5.32 Å². The van der Waals surface area contributed by atoms with Crippen LogP contribution in [-0.4, -0.2) is 19.6 Å². The van der Waals surface area contributed by atoms with Crippen molar-refractivity contribution in [3.63, 3.8) is 0 Å². The van der Waals surface area contributed by atoms with Gasteiger partial charge in [-0.3, -0.25) is 4.79 Å². The summed E-state index contributed by atoms with van der Waals surface area (Å²) in [6.45, 7) is 4.17. The minimum Gasteiger partial charge on any atom is -0.372 e. The molecule has 0 fully saturated rings. The van der Waals surface area contributed by atoms with Gasteiger partial charge in [0.25, 0.3) is 0 Å². The summed E-state index contributed by atoms with van der Waals surface area (Å²) in [5, 5.41) is 3.49. The fraction of sp³-hybridized carbons (Fsp3) is 0.462. The number of halogens is 1. The van der Waals surface area contributed by atoms with E-state index in [1.54, 1.807) is 7.11 Å². The Morgan fingerprint density at radius 1 is 1.53 bits per heavy atom. The number of carbonyl (C=O) groups is 1. The smallest absolute Gasteiger partial charge is 0.219 e. The van der Waals surface area contributed by atoms with Gasteiger partial charge in [0.05, 0.1) is 6.54 Å². The summed E-state index contributed by atoms with van der Waals surface area (Å²) in [5.41, 5.74) is 0.388. The number of methoxy groups -OCH3 is 1. The molecule has 0 saturated heterocycles. The first-order valence-electron chi connectivity index (χ1n) is 5.59. The molecule has 0 aliphatic heterocycles. The van der Waals surface area contributed by atoms with Crippen molar-refractivity contribution in [3.05, 3.63) is 34.9 Å². The highest BCUT2D eigenvalue weighted by molar-refractivity contribution is 6.30. The normalized spacial score (nSPS) is 14.1. The third kappa shape index (κ3) is 3.72. The first-order valence-corrected chi connectivity index (χ1v) is 5.97. The number of benzene rings is 1. The molecule has 0 bridgehead atoms. The van der Waals surface area contributed by atoms with Crippen LogP contribution < -0.4 is 5.32 Å². The monoisotopic (exact) mass is 255 g/mol. The van der Waals surface area contributed by atoms with Crippen LogP contribution in [0.4, 0.5) is 0 Å². The summed E-state index contributed by atoms with van der Waals surface area (Å²) in [6.07, 6.45) is 0.468. The Kier molecular flexibility index (Phi) is 4.97. The second kappa shape index (κ2) is 6.03. The predicted molar refractivity (Wildman–Crippen MR) is 69.1 cm³/mol. The number of rotatable bonds is 5. The molecule has 17 heavy (non-hydrogen) atoms. The fourth-order valence-electron chi connectivity index (χ4n) is 1.50. The lowest BCUT2D eigenvalue weighted by molar-refractivity contribution is -0.122. The van der Waals surface area contributed by atoms with Gasteiger partial charge in [-0.05, 0) is 24.6 Å². The van der Waals surface area contributed by atoms with E-state index in [4.69, 9.17) is 16.3 Å². The molecule has 1 rings (SSSR count). The van der Waals surface area contributed by atoms with E-state index in [2.05, 4.69) is 5.32 Å². The number of amides is 1. The van der Waals surface area contributed by atoms with Crippen molar-refractivity contribution in [3.8, 4) is 0 Å². The lowest BCUT2D eigenvalue weighted by Gasteiger charge is -2.29. The zero-order valence-electron chi connectivity index (χ0n) is 10.4. The van der Waals surface area contributed by atoms with Gasteiger partial charge in [-0.25, -0.2) is 0 Å². The Morgan fingerprint density at radius 3 is 2.76 bits per heavy atom. The van der Waals surface area contributed by atoms with Crippen LogP contribution in [0.15, 0.2) is 24.3 Å². The van der Waals surface area contributed by atoms with Crippen LogP contribution in [0.25, 0.3) is 0 Å². The van der Waals surface area contributed by atoms with Gasteiger partial charge in [-0.15, -0.1) is 0 Å². The minimum absolute atomic E-state index is 0.00954. The highest BCUT2D eigenvalue weighted by atomic mass is 35.5. The highest BCUT2D eigenvalue weighted by Gasteiger charge is 2.26. The molecular formula is C13H18ClNO2. The maximum absolute atomic E-state index is 11.3. The molecule has 1 atom stereocenters. The summed E-state index contributed by atoms with van der Waals surface area (Å²) in [7, 11) is 1.62. The zero-order chi connectivity index (χ0) is 12.9. The largest absolute Gasteiger partial charge is 0.372 e. The van der Waals surface area contributed by atoms with Gasteiger partial charge in [-0.2, -0.15) is 0 Å². The summed E-state index contributed by atoms with van der Waals surface area (Å²) in [6, 6.07) is 7.47. The second-order valence-corrected chi connectivity index (χ2v) is 4.51. The van der Waals surface area contributed by atoms with Gasteiger partial charge < -0.3 is 10.1 Å². The molecule has 0 aromatic heterocycles. The van der Waals surface area contributed by atoms with Gasteiger partial charge in [-0.1, -0.05) is 30.7 Å². The average Bonchev–Trinajstić information content (AvgIpc) is 2.35. The van der Waals surface area contributed by atoms with E-state index in [1.807, 2.05) is 38.1 Å². The molecule has 1 aromatic rings. The molecule has 3 nitrogen and oxygen atoms in total. The Hall–Kier alpha value is -1.06. The molecule has 4 heteroatoms. The number of nitrogens with one attached hydrogen (secondary N) is 1. The highest BCUT2D eigenvalue weighted by Crippen LogP contribution is 2.26. The van der Waals surface area contributed by atoms with E-state index in [0.29, 0.717) is 18.0 Å². The van der Waals surface area contributed by atoms with E-state index in [-0.39, 0.29) is 5.91 Å². The van der Waals surface area contributed by atoms with Crippen LogP contribution in [-0.2, 0) is 15.1 Å². The summed E-state index contributed by atoms with van der Waals surface area (Å²) in [5.74, 6) is 0.00954. The molecule has 0 radical (unpaired) electrons. The third-order valence-corrected chi connectivity index (χ3v) is 3.06. The van der Waals surface area contributed by atoms with Crippen molar-refractivity contribution in [2.24, 2.45) is 0 Å². The average molecular weight is 256 g/mol. The fourth-order valence-corrected chi connectivity index (χ4v) is 1.69. The topological polar surface area (TPSA) is 38.3 Å². The molecule has 0 saturated carbocycles. The predicted octanol–water partition coefficient (Wildman–Crippen LogP) is 2.73. The molecule has 1 N–H and O–H groups in total. The van der Waals surface area contributed by atoms with Gasteiger partial charge in [0.1, 0.15) is 5.60 Å². The number of carbonyl (C=O) groups excluding carboxylic acids is 1. The van der Waals surface area contributed by atoms with Crippen molar-refractivity contribution in [2.75, 3.05) is 13.7 Å². The van der Waals surface area contributed by atoms with Crippen LogP contribution in [0.3, 0.4) is 0 Å². The molecule has 0 aliphatic rings. The van der Waals surface area contributed by atoms with E-state index >= 15 is 0 Å². The molecule has 0 heterocycles. The third-order valence-electron chi connectivity index (χ3n) is 2.83. The molecular weight excluding hydrogens is 238 g/mol. The first-order chi connectivity index (χ1) is 8.01. The van der Waals surface area contributed by atoms with Gasteiger partial charge in [0.2, 0.25) is 5.91 Å². The van der Waals surface area contributed by atoms with Crippen LogP contribution in [0, 0.1) is 0 Å². The lowest BCUT2D eigenvalue weighted by Crippen LogP contribution is -2.39. The Balaban J connectivity index is 2.84. The van der Waals surface area contributed by atoms with Crippen LogP contribution in [0.5, 0.6) is 0 Å². The zero-order valence-corrected chi connectivity index (χ0v) is 11.2. The number of hydrogen-bond acceptors (Lipinski definition) is 2.